The van der Waals surface area contributed by atoms with Gasteiger partial charge in [-0.2, -0.15) is 13.2 Å². The van der Waals surface area contributed by atoms with Gasteiger partial charge in [-0.25, -0.2) is 4.98 Å². The molecule has 0 aromatic carbocycles. The van der Waals surface area contributed by atoms with Crippen LogP contribution in [0.25, 0.3) is 10.2 Å². The molecule has 2 heterocycles. The number of rotatable bonds is 5. The Balaban J connectivity index is 1.64. The SMILES string of the molecule is C[C@@H]1CCc2c(sc3nc(CSCC(=O)NCC(F)(F)F)[nH]c(=O)c23)C1. The Morgan fingerprint density at radius 3 is 2.96 bits per heavy atom. The summed E-state index contributed by atoms with van der Waals surface area (Å²) in [6.07, 6.45) is -1.52. The van der Waals surface area contributed by atoms with Gasteiger partial charge in [0.1, 0.15) is 17.2 Å². The van der Waals surface area contributed by atoms with E-state index in [1.165, 1.54) is 16.2 Å². The molecule has 0 bridgehead atoms. The van der Waals surface area contributed by atoms with Gasteiger partial charge in [0.15, 0.2) is 0 Å². The third-order valence-corrected chi connectivity index (χ3v) is 6.26. The summed E-state index contributed by atoms with van der Waals surface area (Å²) < 4.78 is 36.1. The highest BCUT2D eigenvalue weighted by molar-refractivity contribution is 7.99. The second kappa shape index (κ2) is 7.59. The average Bonchev–Trinajstić information content (AvgIpc) is 2.90. The van der Waals surface area contributed by atoms with Crippen molar-refractivity contribution in [2.45, 2.75) is 38.1 Å². The highest BCUT2D eigenvalue weighted by atomic mass is 32.2. The molecule has 0 saturated carbocycles. The van der Waals surface area contributed by atoms with E-state index in [0.717, 1.165) is 36.6 Å². The van der Waals surface area contributed by atoms with Crippen molar-refractivity contribution in [3.8, 4) is 0 Å². The van der Waals surface area contributed by atoms with Crippen molar-refractivity contribution in [2.24, 2.45) is 5.92 Å². The predicted octanol–water partition coefficient (Wildman–Crippen LogP) is 3.02. The number of nitrogens with zero attached hydrogens (tertiary/aromatic N) is 1. The van der Waals surface area contributed by atoms with E-state index >= 15 is 0 Å². The highest BCUT2D eigenvalue weighted by Crippen LogP contribution is 2.35. The molecule has 0 radical (unpaired) electrons. The number of carbonyl (C=O) groups excluding carboxylic acids is 1. The quantitative estimate of drug-likeness (QED) is 0.802. The lowest BCUT2D eigenvalue weighted by atomic mass is 9.89. The van der Waals surface area contributed by atoms with Crippen LogP contribution in [0.3, 0.4) is 0 Å². The molecule has 142 valence electrons. The van der Waals surface area contributed by atoms with Crippen LogP contribution in [0.4, 0.5) is 13.2 Å². The molecule has 2 aromatic rings. The van der Waals surface area contributed by atoms with E-state index in [2.05, 4.69) is 16.9 Å². The molecule has 0 aliphatic heterocycles. The van der Waals surface area contributed by atoms with Gasteiger partial charge in [0.05, 0.1) is 16.9 Å². The number of amides is 1. The van der Waals surface area contributed by atoms with Crippen molar-refractivity contribution in [1.29, 1.82) is 0 Å². The summed E-state index contributed by atoms with van der Waals surface area (Å²) in [5.41, 5.74) is 0.918. The average molecular weight is 405 g/mol. The van der Waals surface area contributed by atoms with Crippen LogP contribution in [0, 0.1) is 5.92 Å². The lowest BCUT2D eigenvalue weighted by Gasteiger charge is -2.17. The van der Waals surface area contributed by atoms with E-state index in [1.807, 2.05) is 5.32 Å². The molecule has 0 spiro atoms. The Morgan fingerprint density at radius 1 is 1.46 bits per heavy atom. The molecule has 2 aromatic heterocycles. The minimum atomic E-state index is -4.42. The van der Waals surface area contributed by atoms with Crippen LogP contribution in [0.5, 0.6) is 0 Å². The van der Waals surface area contributed by atoms with Crippen molar-refractivity contribution >= 4 is 39.2 Å². The number of thioether (sulfide) groups is 1. The molecule has 1 aliphatic carbocycles. The molecule has 5 nitrogen and oxygen atoms in total. The summed E-state index contributed by atoms with van der Waals surface area (Å²) >= 11 is 2.65. The molecular weight excluding hydrogens is 387 g/mol. The van der Waals surface area contributed by atoms with Gasteiger partial charge in [0.25, 0.3) is 5.56 Å². The second-order valence-electron chi connectivity index (χ2n) is 6.43. The lowest BCUT2D eigenvalue weighted by Crippen LogP contribution is -2.34. The van der Waals surface area contributed by atoms with Gasteiger partial charge in [0, 0.05) is 4.88 Å². The van der Waals surface area contributed by atoms with E-state index in [0.29, 0.717) is 22.0 Å². The summed E-state index contributed by atoms with van der Waals surface area (Å²) in [5, 5.41) is 2.47. The minimum Gasteiger partial charge on any atom is -0.346 e. The monoisotopic (exact) mass is 405 g/mol. The van der Waals surface area contributed by atoms with Gasteiger partial charge in [-0.3, -0.25) is 9.59 Å². The number of fused-ring (bicyclic) bond motifs is 3. The van der Waals surface area contributed by atoms with Crippen molar-refractivity contribution in [3.05, 3.63) is 26.6 Å². The number of alkyl halides is 3. The Labute approximate surface area is 155 Å². The number of halogens is 3. The maximum absolute atomic E-state index is 12.4. The normalized spacial score (nSPS) is 17.3. The third kappa shape index (κ3) is 4.59. The Hall–Kier alpha value is -1.55. The summed E-state index contributed by atoms with van der Waals surface area (Å²) in [4.78, 5) is 33.0. The van der Waals surface area contributed by atoms with Crippen LogP contribution < -0.4 is 10.9 Å². The fourth-order valence-corrected chi connectivity index (χ4v) is 5.07. The first-order valence-electron chi connectivity index (χ1n) is 8.17. The molecule has 10 heteroatoms. The van der Waals surface area contributed by atoms with Crippen LogP contribution >= 0.6 is 23.1 Å². The Bertz CT molecular complexity index is 876. The molecule has 26 heavy (non-hydrogen) atoms. The minimum absolute atomic E-state index is 0.129. The van der Waals surface area contributed by atoms with E-state index in [1.54, 1.807) is 0 Å². The first-order valence-corrected chi connectivity index (χ1v) is 10.1. The van der Waals surface area contributed by atoms with Crippen LogP contribution in [0.15, 0.2) is 4.79 Å². The van der Waals surface area contributed by atoms with Crippen LogP contribution in [0.1, 0.15) is 29.6 Å². The standard InChI is InChI=1S/C16H18F3N3O2S2/c1-8-2-3-9-10(4-8)26-15-13(9)14(24)21-11(22-15)5-25-6-12(23)20-7-16(17,18)19/h8H,2-7H2,1H3,(H,20,23)(H,21,22,24)/t8-/m1/s1. The van der Waals surface area contributed by atoms with Crippen LogP contribution in [-0.4, -0.2) is 34.3 Å². The molecule has 1 aliphatic rings. The Morgan fingerprint density at radius 2 is 2.23 bits per heavy atom. The summed E-state index contributed by atoms with van der Waals surface area (Å²) in [6.45, 7) is 0.851. The molecule has 3 rings (SSSR count). The van der Waals surface area contributed by atoms with Crippen LogP contribution in [0.2, 0.25) is 0 Å². The maximum Gasteiger partial charge on any atom is 0.405 e. The summed E-state index contributed by atoms with van der Waals surface area (Å²) in [6, 6.07) is 0. The number of hydrogen-bond acceptors (Lipinski definition) is 5. The highest BCUT2D eigenvalue weighted by Gasteiger charge is 2.27. The molecule has 0 fully saturated rings. The van der Waals surface area contributed by atoms with E-state index in [9.17, 15) is 22.8 Å². The van der Waals surface area contributed by atoms with E-state index in [-0.39, 0.29) is 17.1 Å². The molecule has 0 unspecified atom stereocenters. The third-order valence-electron chi connectivity index (χ3n) is 4.17. The number of nitrogens with one attached hydrogen (secondary N) is 2. The fraction of sp³-hybridized carbons (Fsp3) is 0.562. The van der Waals surface area contributed by atoms with Crippen molar-refractivity contribution in [1.82, 2.24) is 15.3 Å². The van der Waals surface area contributed by atoms with Crippen molar-refractivity contribution in [2.75, 3.05) is 12.3 Å². The molecule has 1 amide bonds. The zero-order valence-corrected chi connectivity index (χ0v) is 15.7. The zero-order chi connectivity index (χ0) is 18.9. The second-order valence-corrected chi connectivity index (χ2v) is 8.50. The fourth-order valence-electron chi connectivity index (χ4n) is 2.95. The first kappa shape index (κ1) is 19.2. The molecule has 0 saturated heterocycles. The topological polar surface area (TPSA) is 74.8 Å². The number of H-pyrrole nitrogens is 1. The smallest absolute Gasteiger partial charge is 0.346 e. The number of aryl methyl sites for hydroxylation is 1. The zero-order valence-electron chi connectivity index (χ0n) is 14.0. The first-order chi connectivity index (χ1) is 12.2. The van der Waals surface area contributed by atoms with E-state index in [4.69, 9.17) is 0 Å². The van der Waals surface area contributed by atoms with Gasteiger partial charge >= 0.3 is 6.18 Å². The summed E-state index contributed by atoms with van der Waals surface area (Å²) in [7, 11) is 0. The van der Waals surface area contributed by atoms with Gasteiger partial charge in [0.2, 0.25) is 5.91 Å². The van der Waals surface area contributed by atoms with Gasteiger partial charge in [-0.1, -0.05) is 6.92 Å². The number of hydrogen-bond donors (Lipinski definition) is 2. The van der Waals surface area contributed by atoms with Crippen molar-refractivity contribution < 1.29 is 18.0 Å². The molecular formula is C16H18F3N3O2S2. The number of carbonyl (C=O) groups is 1. The lowest BCUT2D eigenvalue weighted by molar-refractivity contribution is -0.136. The van der Waals surface area contributed by atoms with E-state index < -0.39 is 18.6 Å². The maximum atomic E-state index is 12.4. The molecule has 2 N–H and O–H groups in total. The van der Waals surface area contributed by atoms with Crippen LogP contribution in [-0.2, 0) is 23.4 Å². The summed E-state index contributed by atoms with van der Waals surface area (Å²) in [5.74, 6) is 0.457. The van der Waals surface area contributed by atoms with Gasteiger partial charge in [-0.15, -0.1) is 23.1 Å². The predicted molar refractivity (Wildman–Crippen MR) is 96.7 cm³/mol. The number of aromatic nitrogens is 2. The number of aromatic amines is 1. The molecule has 1 atom stereocenters. The van der Waals surface area contributed by atoms with Gasteiger partial charge in [-0.05, 0) is 30.7 Å². The Kier molecular flexibility index (Phi) is 5.61. The van der Waals surface area contributed by atoms with Gasteiger partial charge < -0.3 is 10.3 Å². The largest absolute Gasteiger partial charge is 0.405 e. The number of thiophene rings is 1. The van der Waals surface area contributed by atoms with Crippen molar-refractivity contribution in [3.63, 3.8) is 0 Å².